The molecule has 2 unspecified atom stereocenters. The Balaban J connectivity index is 1.97. The number of nitrogens with one attached hydrogen (secondary N) is 2. The van der Waals surface area contributed by atoms with Gasteiger partial charge in [-0.3, -0.25) is 9.59 Å². The molecule has 0 heterocycles. The number of hydrogen-bond acceptors (Lipinski definition) is 3. The van der Waals surface area contributed by atoms with Gasteiger partial charge >= 0.3 is 0 Å². The molecule has 2 rings (SSSR count). The molecule has 0 saturated heterocycles. The van der Waals surface area contributed by atoms with Crippen molar-refractivity contribution in [3.05, 3.63) is 71.8 Å². The van der Waals surface area contributed by atoms with Gasteiger partial charge in [-0.25, -0.2) is 0 Å². The summed E-state index contributed by atoms with van der Waals surface area (Å²) in [7, 11) is 1.60. The lowest BCUT2D eigenvalue weighted by molar-refractivity contribution is -0.127. The number of carbonyl (C=O) groups is 2. The van der Waals surface area contributed by atoms with Crippen LogP contribution in [0.25, 0.3) is 6.08 Å². The van der Waals surface area contributed by atoms with Gasteiger partial charge in [-0.2, -0.15) is 0 Å². The van der Waals surface area contributed by atoms with Crippen LogP contribution in [0.4, 0.5) is 0 Å². The molecule has 0 aliphatic heterocycles. The van der Waals surface area contributed by atoms with E-state index in [0.717, 1.165) is 16.9 Å². The molecule has 5 nitrogen and oxygen atoms in total. The minimum Gasteiger partial charge on any atom is -0.497 e. The molecule has 0 aliphatic carbocycles. The Bertz CT molecular complexity index is 837. The molecule has 5 heteroatoms. The average Bonchev–Trinajstić information content (AvgIpc) is 2.70. The lowest BCUT2D eigenvalue weighted by atomic mass is 9.82. The second-order valence-corrected chi connectivity index (χ2v) is 8.06. The first-order valence-corrected chi connectivity index (χ1v) is 9.68. The number of hydrogen-bond donors (Lipinski definition) is 2. The van der Waals surface area contributed by atoms with Gasteiger partial charge in [0.1, 0.15) is 11.8 Å². The summed E-state index contributed by atoms with van der Waals surface area (Å²) in [6.07, 6.45) is 3.12. The second-order valence-electron chi connectivity index (χ2n) is 8.06. The van der Waals surface area contributed by atoms with E-state index in [1.54, 1.807) is 20.1 Å². The van der Waals surface area contributed by atoms with E-state index in [0.29, 0.717) is 0 Å². The van der Waals surface area contributed by atoms with Crippen LogP contribution < -0.4 is 15.4 Å². The summed E-state index contributed by atoms with van der Waals surface area (Å²) in [5, 5.41) is 5.79. The van der Waals surface area contributed by atoms with Crippen LogP contribution in [-0.2, 0) is 9.59 Å². The van der Waals surface area contributed by atoms with E-state index in [4.69, 9.17) is 4.74 Å². The Morgan fingerprint density at radius 1 is 0.966 bits per heavy atom. The largest absolute Gasteiger partial charge is 0.497 e. The molecule has 0 bridgehead atoms. The lowest BCUT2D eigenvalue weighted by Crippen LogP contribution is -2.47. The minimum atomic E-state index is -0.656. The Morgan fingerprint density at radius 2 is 1.59 bits per heavy atom. The second kappa shape index (κ2) is 9.92. The molecule has 2 aromatic rings. The molecule has 0 fully saturated rings. The van der Waals surface area contributed by atoms with Crippen molar-refractivity contribution < 1.29 is 14.3 Å². The van der Waals surface area contributed by atoms with Gasteiger partial charge in [-0.05, 0) is 41.7 Å². The maximum atomic E-state index is 12.7. The zero-order valence-corrected chi connectivity index (χ0v) is 17.7. The molecule has 2 N–H and O–H groups in total. The highest BCUT2D eigenvalue weighted by Gasteiger charge is 2.29. The molecule has 29 heavy (non-hydrogen) atoms. The molecule has 0 spiro atoms. The van der Waals surface area contributed by atoms with E-state index in [1.807, 2.05) is 54.6 Å². The Hall–Kier alpha value is -3.08. The number of methoxy groups -OCH3 is 1. The summed E-state index contributed by atoms with van der Waals surface area (Å²) in [5.41, 5.74) is 1.73. The maximum Gasteiger partial charge on any atom is 0.244 e. The van der Waals surface area contributed by atoms with E-state index < -0.39 is 6.04 Å². The van der Waals surface area contributed by atoms with Crippen LogP contribution in [0.15, 0.2) is 60.7 Å². The highest BCUT2D eigenvalue weighted by atomic mass is 16.5. The van der Waals surface area contributed by atoms with Gasteiger partial charge in [-0.15, -0.1) is 0 Å². The predicted octanol–water partition coefficient (Wildman–Crippen LogP) is 4.12. The third-order valence-electron chi connectivity index (χ3n) is 4.58. The molecule has 0 saturated carbocycles. The van der Waals surface area contributed by atoms with Crippen LogP contribution in [-0.4, -0.2) is 25.0 Å². The summed E-state index contributed by atoms with van der Waals surface area (Å²) in [4.78, 5) is 24.9. The molecule has 0 aliphatic rings. The van der Waals surface area contributed by atoms with Crippen LogP contribution in [0.2, 0.25) is 0 Å². The molecular weight excluding hydrogens is 364 g/mol. The number of rotatable bonds is 7. The highest BCUT2D eigenvalue weighted by Crippen LogP contribution is 2.32. The maximum absolute atomic E-state index is 12.7. The highest BCUT2D eigenvalue weighted by molar-refractivity contribution is 5.95. The Kier molecular flexibility index (Phi) is 7.59. The van der Waals surface area contributed by atoms with Crippen molar-refractivity contribution in [2.24, 2.45) is 5.41 Å². The van der Waals surface area contributed by atoms with Gasteiger partial charge in [0.25, 0.3) is 0 Å². The fourth-order valence-electron chi connectivity index (χ4n) is 2.93. The third kappa shape index (κ3) is 6.79. The van der Waals surface area contributed by atoms with Gasteiger partial charge in [0.05, 0.1) is 13.2 Å². The van der Waals surface area contributed by atoms with E-state index in [1.165, 1.54) is 6.08 Å². The minimum absolute atomic E-state index is 0.162. The normalized spacial score (nSPS) is 13.6. The quantitative estimate of drug-likeness (QED) is 0.694. The molecule has 2 amide bonds. The van der Waals surface area contributed by atoms with Crippen molar-refractivity contribution in [2.45, 2.75) is 39.8 Å². The number of ether oxygens (including phenoxy) is 1. The topological polar surface area (TPSA) is 67.4 Å². The Morgan fingerprint density at radius 3 is 2.14 bits per heavy atom. The monoisotopic (exact) mass is 394 g/mol. The van der Waals surface area contributed by atoms with Crippen LogP contribution in [0.5, 0.6) is 5.75 Å². The lowest BCUT2D eigenvalue weighted by Gasteiger charge is -2.33. The molecule has 154 valence electrons. The fourth-order valence-corrected chi connectivity index (χ4v) is 2.93. The molecule has 0 aromatic heterocycles. The van der Waals surface area contributed by atoms with Gasteiger partial charge < -0.3 is 15.4 Å². The van der Waals surface area contributed by atoms with Gasteiger partial charge in [-0.1, -0.05) is 63.2 Å². The first-order valence-electron chi connectivity index (χ1n) is 9.68. The Labute approximate surface area is 173 Å². The van der Waals surface area contributed by atoms with Crippen molar-refractivity contribution >= 4 is 17.9 Å². The van der Waals surface area contributed by atoms with Crippen molar-refractivity contribution in [3.63, 3.8) is 0 Å². The predicted molar refractivity (Wildman–Crippen MR) is 116 cm³/mol. The van der Waals surface area contributed by atoms with E-state index in [-0.39, 0.29) is 23.3 Å². The van der Waals surface area contributed by atoms with Gasteiger partial charge in [0.15, 0.2) is 0 Å². The summed E-state index contributed by atoms with van der Waals surface area (Å²) < 4.78 is 5.11. The zero-order valence-electron chi connectivity index (χ0n) is 17.7. The standard InChI is InChI=1S/C24H30N2O3/c1-17(25-21(27)16-13-18-11-14-20(29-5)15-12-18)23(28)26-22(24(2,3)4)19-9-7-6-8-10-19/h6-17,22H,1-5H3,(H,25,27)(H,26,28)/b16-13+. The zero-order chi connectivity index (χ0) is 21.4. The summed E-state index contributed by atoms with van der Waals surface area (Å²) in [6, 6.07) is 16.4. The smallest absolute Gasteiger partial charge is 0.244 e. The van der Waals surface area contributed by atoms with E-state index >= 15 is 0 Å². The first kappa shape index (κ1) is 22.2. The number of carbonyl (C=O) groups excluding carboxylic acids is 2. The van der Waals surface area contributed by atoms with E-state index in [9.17, 15) is 9.59 Å². The van der Waals surface area contributed by atoms with Crippen molar-refractivity contribution in [2.75, 3.05) is 7.11 Å². The average molecular weight is 395 g/mol. The SMILES string of the molecule is COc1ccc(/C=C/C(=O)NC(C)C(=O)NC(c2ccccc2)C(C)(C)C)cc1. The molecule has 2 atom stereocenters. The first-order chi connectivity index (χ1) is 13.7. The van der Waals surface area contributed by atoms with Gasteiger partial charge in [0, 0.05) is 6.08 Å². The van der Waals surface area contributed by atoms with Crippen molar-refractivity contribution in [1.82, 2.24) is 10.6 Å². The number of amides is 2. The molecule has 0 radical (unpaired) electrons. The van der Waals surface area contributed by atoms with Crippen LogP contribution in [0.3, 0.4) is 0 Å². The van der Waals surface area contributed by atoms with Crippen molar-refractivity contribution in [1.29, 1.82) is 0 Å². The third-order valence-corrected chi connectivity index (χ3v) is 4.58. The van der Waals surface area contributed by atoms with Crippen LogP contribution in [0, 0.1) is 5.41 Å². The van der Waals surface area contributed by atoms with Crippen LogP contribution >= 0.6 is 0 Å². The fraction of sp³-hybridized carbons (Fsp3) is 0.333. The summed E-state index contributed by atoms with van der Waals surface area (Å²) >= 11 is 0. The molecular formula is C24H30N2O3. The van der Waals surface area contributed by atoms with Crippen molar-refractivity contribution in [3.8, 4) is 5.75 Å². The summed E-state index contributed by atoms with van der Waals surface area (Å²) in [6.45, 7) is 7.91. The van der Waals surface area contributed by atoms with Crippen LogP contribution in [0.1, 0.15) is 44.9 Å². The van der Waals surface area contributed by atoms with Gasteiger partial charge in [0.2, 0.25) is 11.8 Å². The number of benzene rings is 2. The molecule has 2 aromatic carbocycles. The van der Waals surface area contributed by atoms with E-state index in [2.05, 4.69) is 31.4 Å². The summed E-state index contributed by atoms with van der Waals surface area (Å²) in [5.74, 6) is 0.208.